The summed E-state index contributed by atoms with van der Waals surface area (Å²) in [6, 6.07) is 21.1. The van der Waals surface area contributed by atoms with E-state index in [2.05, 4.69) is 4.98 Å². The SMILES string of the molecule is O=S(=O)(Cc1nc2ccccc2n1CC(O)c1ccc(F)cc1)c1ccccc1. The molecule has 29 heavy (non-hydrogen) atoms. The molecular weight excluding hydrogens is 391 g/mol. The number of rotatable bonds is 6. The predicted molar refractivity (Wildman–Crippen MR) is 108 cm³/mol. The molecule has 0 aliphatic heterocycles. The van der Waals surface area contributed by atoms with Gasteiger partial charge in [-0.15, -0.1) is 0 Å². The van der Waals surface area contributed by atoms with Crippen molar-refractivity contribution in [2.45, 2.75) is 23.3 Å². The van der Waals surface area contributed by atoms with Crippen molar-refractivity contribution in [1.29, 1.82) is 0 Å². The molecule has 0 radical (unpaired) electrons. The fourth-order valence-corrected chi connectivity index (χ4v) is 4.58. The van der Waals surface area contributed by atoms with E-state index >= 15 is 0 Å². The molecule has 1 aromatic heterocycles. The molecule has 0 fully saturated rings. The molecule has 0 bridgehead atoms. The van der Waals surface area contributed by atoms with Crippen molar-refractivity contribution in [3.8, 4) is 0 Å². The Balaban J connectivity index is 1.72. The lowest BCUT2D eigenvalue weighted by molar-refractivity contribution is 0.157. The van der Waals surface area contributed by atoms with Gasteiger partial charge < -0.3 is 9.67 Å². The first-order chi connectivity index (χ1) is 13.9. The van der Waals surface area contributed by atoms with Crippen LogP contribution in [0, 0.1) is 5.82 Å². The number of sulfone groups is 1. The highest BCUT2D eigenvalue weighted by atomic mass is 32.2. The number of para-hydroxylation sites is 2. The van der Waals surface area contributed by atoms with Gasteiger partial charge in [-0.1, -0.05) is 42.5 Å². The van der Waals surface area contributed by atoms with Gasteiger partial charge in [-0.3, -0.25) is 0 Å². The minimum absolute atomic E-state index is 0.103. The second kappa shape index (κ2) is 7.77. The van der Waals surface area contributed by atoms with Gasteiger partial charge in [0.2, 0.25) is 0 Å². The summed E-state index contributed by atoms with van der Waals surface area (Å²) in [4.78, 5) is 4.72. The first-order valence-electron chi connectivity index (χ1n) is 9.09. The van der Waals surface area contributed by atoms with Gasteiger partial charge in [0, 0.05) is 0 Å². The average molecular weight is 410 g/mol. The molecule has 0 spiro atoms. The number of halogens is 1. The second-order valence-corrected chi connectivity index (χ2v) is 8.76. The predicted octanol–water partition coefficient (Wildman–Crippen LogP) is 3.88. The van der Waals surface area contributed by atoms with Crippen LogP contribution in [0.15, 0.2) is 83.8 Å². The monoisotopic (exact) mass is 410 g/mol. The van der Waals surface area contributed by atoms with E-state index in [0.29, 0.717) is 16.9 Å². The summed E-state index contributed by atoms with van der Waals surface area (Å²) in [5, 5.41) is 10.7. The Labute approximate surface area is 168 Å². The molecule has 3 aromatic carbocycles. The van der Waals surface area contributed by atoms with E-state index < -0.39 is 15.9 Å². The normalized spacial score (nSPS) is 12.9. The van der Waals surface area contributed by atoms with Crippen LogP contribution in [0.5, 0.6) is 0 Å². The number of hydrogen-bond donors (Lipinski definition) is 1. The lowest BCUT2D eigenvalue weighted by Gasteiger charge is -2.15. The summed E-state index contributed by atoms with van der Waals surface area (Å²) in [5.74, 6) is -0.332. The number of hydrogen-bond acceptors (Lipinski definition) is 4. The second-order valence-electron chi connectivity index (χ2n) is 6.77. The maximum Gasteiger partial charge on any atom is 0.185 e. The van der Waals surface area contributed by atoms with Crippen LogP contribution in [0.2, 0.25) is 0 Å². The number of nitrogens with zero attached hydrogens (tertiary/aromatic N) is 2. The molecule has 7 heteroatoms. The Morgan fingerprint density at radius 3 is 2.31 bits per heavy atom. The van der Waals surface area contributed by atoms with Crippen LogP contribution in [0.1, 0.15) is 17.5 Å². The average Bonchev–Trinajstić information content (AvgIpc) is 3.05. The standard InChI is InChI=1S/C22H19FN2O3S/c23-17-12-10-16(11-13-17)21(26)14-25-20-9-5-4-8-19(20)24-22(25)15-29(27,28)18-6-2-1-3-7-18/h1-13,21,26H,14-15H2. The largest absolute Gasteiger partial charge is 0.387 e. The molecule has 4 aromatic rings. The van der Waals surface area contributed by atoms with E-state index in [4.69, 9.17) is 0 Å². The third kappa shape index (κ3) is 4.06. The van der Waals surface area contributed by atoms with E-state index in [0.717, 1.165) is 5.52 Å². The minimum Gasteiger partial charge on any atom is -0.387 e. The Morgan fingerprint density at radius 1 is 0.931 bits per heavy atom. The summed E-state index contributed by atoms with van der Waals surface area (Å²) < 4.78 is 40.6. The Morgan fingerprint density at radius 2 is 1.59 bits per heavy atom. The Hall–Kier alpha value is -3.03. The van der Waals surface area contributed by atoms with Gasteiger partial charge in [0.15, 0.2) is 9.84 Å². The van der Waals surface area contributed by atoms with Crippen molar-refractivity contribution in [2.75, 3.05) is 0 Å². The lowest BCUT2D eigenvalue weighted by Crippen LogP contribution is -2.15. The summed E-state index contributed by atoms with van der Waals surface area (Å²) in [5.41, 5.74) is 1.92. The smallest absolute Gasteiger partial charge is 0.185 e. The summed E-state index contributed by atoms with van der Waals surface area (Å²) in [7, 11) is -3.60. The number of aliphatic hydroxyl groups excluding tert-OH is 1. The quantitative estimate of drug-likeness (QED) is 0.524. The van der Waals surface area contributed by atoms with E-state index in [-0.39, 0.29) is 23.0 Å². The summed E-state index contributed by atoms with van der Waals surface area (Å²) >= 11 is 0. The first-order valence-corrected chi connectivity index (χ1v) is 10.7. The fourth-order valence-electron chi connectivity index (χ4n) is 3.28. The van der Waals surface area contributed by atoms with Gasteiger partial charge in [-0.2, -0.15) is 0 Å². The fraction of sp³-hybridized carbons (Fsp3) is 0.136. The van der Waals surface area contributed by atoms with Crippen LogP contribution < -0.4 is 0 Å². The van der Waals surface area contributed by atoms with Crippen LogP contribution in [0.4, 0.5) is 4.39 Å². The van der Waals surface area contributed by atoms with Crippen LogP contribution in [-0.4, -0.2) is 23.1 Å². The number of imidazole rings is 1. The van der Waals surface area contributed by atoms with Crippen LogP contribution in [-0.2, 0) is 22.1 Å². The van der Waals surface area contributed by atoms with Crippen LogP contribution >= 0.6 is 0 Å². The molecule has 1 N–H and O–H groups in total. The topological polar surface area (TPSA) is 72.2 Å². The highest BCUT2D eigenvalue weighted by Crippen LogP contribution is 2.24. The maximum absolute atomic E-state index is 13.2. The van der Waals surface area contributed by atoms with Gasteiger partial charge >= 0.3 is 0 Å². The first kappa shape index (κ1) is 19.3. The van der Waals surface area contributed by atoms with E-state index in [1.807, 2.05) is 18.2 Å². The van der Waals surface area contributed by atoms with Gasteiger partial charge in [-0.05, 0) is 42.0 Å². The molecule has 0 aliphatic carbocycles. The van der Waals surface area contributed by atoms with Gasteiger partial charge in [0.25, 0.3) is 0 Å². The number of aromatic nitrogens is 2. The number of benzene rings is 3. The number of fused-ring (bicyclic) bond motifs is 1. The van der Waals surface area contributed by atoms with Crippen molar-refractivity contribution in [3.05, 3.63) is 96.1 Å². The van der Waals surface area contributed by atoms with Gasteiger partial charge in [0.05, 0.1) is 28.6 Å². The third-order valence-electron chi connectivity index (χ3n) is 4.77. The van der Waals surface area contributed by atoms with Crippen LogP contribution in [0.25, 0.3) is 11.0 Å². The van der Waals surface area contributed by atoms with Crippen molar-refractivity contribution in [3.63, 3.8) is 0 Å². The zero-order valence-corrected chi connectivity index (χ0v) is 16.3. The molecule has 0 saturated heterocycles. The summed E-state index contributed by atoms with van der Waals surface area (Å²) in [6.07, 6.45) is -0.939. The zero-order chi connectivity index (χ0) is 20.4. The molecule has 1 atom stereocenters. The van der Waals surface area contributed by atoms with Crippen molar-refractivity contribution < 1.29 is 17.9 Å². The van der Waals surface area contributed by atoms with Gasteiger partial charge in [0.1, 0.15) is 17.4 Å². The Kier molecular flexibility index (Phi) is 5.17. The Bertz CT molecular complexity index is 1240. The maximum atomic E-state index is 13.2. The molecule has 0 amide bonds. The van der Waals surface area contributed by atoms with Crippen molar-refractivity contribution in [1.82, 2.24) is 9.55 Å². The molecule has 1 heterocycles. The summed E-state index contributed by atoms with van der Waals surface area (Å²) in [6.45, 7) is 0.103. The molecular formula is C22H19FN2O3S. The minimum atomic E-state index is -3.60. The van der Waals surface area contributed by atoms with E-state index in [9.17, 15) is 17.9 Å². The molecule has 148 valence electrons. The highest BCUT2D eigenvalue weighted by molar-refractivity contribution is 7.90. The molecule has 4 rings (SSSR count). The van der Waals surface area contributed by atoms with Gasteiger partial charge in [-0.25, -0.2) is 17.8 Å². The molecule has 0 saturated carbocycles. The molecule has 0 aliphatic rings. The van der Waals surface area contributed by atoms with Crippen LogP contribution in [0.3, 0.4) is 0 Å². The van der Waals surface area contributed by atoms with Crippen molar-refractivity contribution in [2.24, 2.45) is 0 Å². The molecule has 5 nitrogen and oxygen atoms in total. The number of aliphatic hydroxyl groups is 1. The van der Waals surface area contributed by atoms with E-state index in [1.165, 1.54) is 24.3 Å². The van der Waals surface area contributed by atoms with Crippen molar-refractivity contribution >= 4 is 20.9 Å². The molecule has 1 unspecified atom stereocenters. The third-order valence-corrected chi connectivity index (χ3v) is 6.39. The highest BCUT2D eigenvalue weighted by Gasteiger charge is 2.22. The van der Waals surface area contributed by atoms with E-state index in [1.54, 1.807) is 41.0 Å². The lowest BCUT2D eigenvalue weighted by atomic mass is 10.1. The zero-order valence-electron chi connectivity index (χ0n) is 15.4.